The molecule has 1 aliphatic heterocycles. The molecule has 2 rings (SSSR count). The van der Waals surface area contributed by atoms with Crippen molar-refractivity contribution in [3.63, 3.8) is 0 Å². The number of hydrogen-bond acceptors (Lipinski definition) is 4. The molecule has 0 aromatic carbocycles. The highest BCUT2D eigenvalue weighted by Crippen LogP contribution is 2.28. The first-order valence-electron chi connectivity index (χ1n) is 5.44. The van der Waals surface area contributed by atoms with E-state index >= 15 is 0 Å². The maximum absolute atomic E-state index is 6.06. The Bertz CT molecular complexity index is 473. The van der Waals surface area contributed by atoms with Crippen LogP contribution in [0.2, 0.25) is 5.15 Å². The van der Waals surface area contributed by atoms with Crippen LogP contribution < -0.4 is 10.6 Å². The van der Waals surface area contributed by atoms with Gasteiger partial charge in [0.2, 0.25) is 0 Å². The molecule has 4 nitrogen and oxygen atoms in total. The summed E-state index contributed by atoms with van der Waals surface area (Å²) in [7, 11) is 0. The van der Waals surface area contributed by atoms with Crippen molar-refractivity contribution >= 4 is 23.0 Å². The Morgan fingerprint density at radius 2 is 2.18 bits per heavy atom. The van der Waals surface area contributed by atoms with Crippen molar-refractivity contribution in [3.8, 4) is 11.8 Å². The van der Waals surface area contributed by atoms with E-state index in [0.717, 1.165) is 18.8 Å². The average Bonchev–Trinajstić information content (AvgIpc) is 2.35. The minimum Gasteiger partial charge on any atom is -0.395 e. The standard InChI is InChI=1S/C12H14ClN3O/c1-2-3-9-12(14)10(8-11(13)15-9)16-4-6-17-7-5-16/h8H,4-7,14H2,1H3. The maximum atomic E-state index is 6.06. The topological polar surface area (TPSA) is 51.4 Å². The van der Waals surface area contributed by atoms with Crippen molar-refractivity contribution in [2.45, 2.75) is 6.92 Å². The number of nitrogens with zero attached hydrogens (tertiary/aromatic N) is 2. The van der Waals surface area contributed by atoms with Gasteiger partial charge >= 0.3 is 0 Å². The number of morpholine rings is 1. The minimum atomic E-state index is 0.415. The lowest BCUT2D eigenvalue weighted by atomic mass is 10.2. The summed E-state index contributed by atoms with van der Waals surface area (Å²) in [6, 6.07) is 1.78. The third kappa shape index (κ3) is 2.63. The van der Waals surface area contributed by atoms with Crippen LogP contribution in [0.5, 0.6) is 0 Å². The van der Waals surface area contributed by atoms with Crippen molar-refractivity contribution in [2.24, 2.45) is 0 Å². The quantitative estimate of drug-likeness (QED) is 0.608. The normalized spacial score (nSPS) is 15.3. The van der Waals surface area contributed by atoms with Gasteiger partial charge in [-0.1, -0.05) is 17.5 Å². The van der Waals surface area contributed by atoms with Gasteiger partial charge in [0.1, 0.15) is 10.8 Å². The predicted octanol–water partition coefficient (Wildman–Crippen LogP) is 1.53. The molecule has 0 atom stereocenters. The molecule has 0 saturated carbocycles. The lowest BCUT2D eigenvalue weighted by molar-refractivity contribution is 0.123. The molecule has 0 amide bonds. The highest BCUT2D eigenvalue weighted by Gasteiger charge is 2.16. The van der Waals surface area contributed by atoms with Crippen LogP contribution in [0.15, 0.2) is 6.07 Å². The molecule has 90 valence electrons. The fraction of sp³-hybridized carbons (Fsp3) is 0.417. The van der Waals surface area contributed by atoms with Gasteiger partial charge in [0.25, 0.3) is 0 Å². The van der Waals surface area contributed by atoms with Gasteiger partial charge in [-0.3, -0.25) is 0 Å². The van der Waals surface area contributed by atoms with E-state index < -0.39 is 0 Å². The zero-order chi connectivity index (χ0) is 12.3. The number of nitrogen functional groups attached to an aromatic ring is 1. The second-order valence-electron chi connectivity index (χ2n) is 3.70. The molecule has 0 aliphatic carbocycles. The summed E-state index contributed by atoms with van der Waals surface area (Å²) >= 11 is 5.98. The second kappa shape index (κ2) is 5.26. The molecule has 1 saturated heterocycles. The number of ether oxygens (including phenoxy) is 1. The molecule has 17 heavy (non-hydrogen) atoms. The van der Waals surface area contributed by atoms with Gasteiger partial charge in [0, 0.05) is 19.2 Å². The smallest absolute Gasteiger partial charge is 0.139 e. The molecule has 0 spiro atoms. The number of rotatable bonds is 1. The summed E-state index contributed by atoms with van der Waals surface area (Å²) in [6.07, 6.45) is 0. The third-order valence-corrected chi connectivity index (χ3v) is 2.79. The number of anilines is 2. The third-order valence-electron chi connectivity index (χ3n) is 2.60. The van der Waals surface area contributed by atoms with Gasteiger partial charge in [0.05, 0.1) is 24.6 Å². The fourth-order valence-corrected chi connectivity index (χ4v) is 1.98. The number of hydrogen-bond donors (Lipinski definition) is 1. The van der Waals surface area contributed by atoms with E-state index in [4.69, 9.17) is 22.1 Å². The molecule has 0 unspecified atom stereocenters. The molecule has 5 heteroatoms. The molecule has 0 bridgehead atoms. The Kier molecular flexibility index (Phi) is 3.72. The number of pyridine rings is 1. The zero-order valence-corrected chi connectivity index (χ0v) is 10.4. The summed E-state index contributed by atoms with van der Waals surface area (Å²) in [6.45, 7) is 4.77. The van der Waals surface area contributed by atoms with Crippen LogP contribution in [0.1, 0.15) is 12.6 Å². The highest BCUT2D eigenvalue weighted by molar-refractivity contribution is 6.29. The SMILES string of the molecule is CC#Cc1nc(Cl)cc(N2CCOCC2)c1N. The second-order valence-corrected chi connectivity index (χ2v) is 4.09. The number of aromatic nitrogens is 1. The van der Waals surface area contributed by atoms with Crippen LogP contribution in [0.4, 0.5) is 11.4 Å². The molecule has 0 radical (unpaired) electrons. The van der Waals surface area contributed by atoms with Crippen LogP contribution in [0.3, 0.4) is 0 Å². The van der Waals surface area contributed by atoms with E-state index in [0.29, 0.717) is 29.7 Å². The van der Waals surface area contributed by atoms with Gasteiger partial charge in [-0.2, -0.15) is 0 Å². The van der Waals surface area contributed by atoms with Crippen LogP contribution >= 0.6 is 11.6 Å². The summed E-state index contributed by atoms with van der Waals surface area (Å²) < 4.78 is 5.31. The van der Waals surface area contributed by atoms with Crippen LogP contribution in [-0.4, -0.2) is 31.3 Å². The molecule has 2 heterocycles. The first-order valence-corrected chi connectivity index (χ1v) is 5.81. The molecule has 1 aromatic heterocycles. The van der Waals surface area contributed by atoms with E-state index in [2.05, 4.69) is 21.7 Å². The van der Waals surface area contributed by atoms with Crippen LogP contribution in [-0.2, 0) is 4.74 Å². The molecular formula is C12H14ClN3O. The summed E-state index contributed by atoms with van der Waals surface area (Å²) in [5, 5.41) is 0.415. The van der Waals surface area contributed by atoms with Crippen molar-refractivity contribution in [1.29, 1.82) is 0 Å². The van der Waals surface area contributed by atoms with Crippen LogP contribution in [0.25, 0.3) is 0 Å². The van der Waals surface area contributed by atoms with E-state index in [-0.39, 0.29) is 0 Å². The van der Waals surface area contributed by atoms with Gasteiger partial charge < -0.3 is 15.4 Å². The molecule has 1 aliphatic rings. The highest BCUT2D eigenvalue weighted by atomic mass is 35.5. The number of halogens is 1. The fourth-order valence-electron chi connectivity index (χ4n) is 1.79. The van der Waals surface area contributed by atoms with Gasteiger partial charge in [-0.15, -0.1) is 0 Å². The Hall–Kier alpha value is -1.44. The molecular weight excluding hydrogens is 238 g/mol. The summed E-state index contributed by atoms with van der Waals surface area (Å²) in [5.41, 5.74) is 8.09. The Balaban J connectivity index is 2.40. The Labute approximate surface area is 106 Å². The summed E-state index contributed by atoms with van der Waals surface area (Å²) in [4.78, 5) is 6.27. The number of nitrogens with two attached hydrogens (primary N) is 1. The van der Waals surface area contributed by atoms with E-state index in [1.807, 2.05) is 0 Å². The Morgan fingerprint density at radius 3 is 2.82 bits per heavy atom. The van der Waals surface area contributed by atoms with Crippen molar-refractivity contribution in [2.75, 3.05) is 36.9 Å². The largest absolute Gasteiger partial charge is 0.395 e. The van der Waals surface area contributed by atoms with Gasteiger partial charge in [-0.05, 0) is 12.8 Å². The Morgan fingerprint density at radius 1 is 1.47 bits per heavy atom. The lowest BCUT2D eigenvalue weighted by Gasteiger charge is -2.30. The molecule has 1 fully saturated rings. The minimum absolute atomic E-state index is 0.415. The first kappa shape index (κ1) is 12.0. The zero-order valence-electron chi connectivity index (χ0n) is 9.66. The van der Waals surface area contributed by atoms with E-state index in [9.17, 15) is 0 Å². The molecule has 2 N–H and O–H groups in total. The summed E-state index contributed by atoms with van der Waals surface area (Å²) in [5.74, 6) is 5.66. The van der Waals surface area contributed by atoms with Crippen LogP contribution in [0, 0.1) is 11.8 Å². The van der Waals surface area contributed by atoms with E-state index in [1.54, 1.807) is 13.0 Å². The van der Waals surface area contributed by atoms with Gasteiger partial charge in [0.15, 0.2) is 0 Å². The monoisotopic (exact) mass is 251 g/mol. The first-order chi connectivity index (χ1) is 8.22. The van der Waals surface area contributed by atoms with E-state index in [1.165, 1.54) is 0 Å². The predicted molar refractivity (Wildman–Crippen MR) is 69.2 cm³/mol. The van der Waals surface area contributed by atoms with Crippen molar-refractivity contribution in [1.82, 2.24) is 4.98 Å². The average molecular weight is 252 g/mol. The lowest BCUT2D eigenvalue weighted by Crippen LogP contribution is -2.36. The van der Waals surface area contributed by atoms with Crippen molar-refractivity contribution < 1.29 is 4.74 Å². The van der Waals surface area contributed by atoms with Gasteiger partial charge in [-0.25, -0.2) is 4.98 Å². The maximum Gasteiger partial charge on any atom is 0.139 e. The van der Waals surface area contributed by atoms with Crippen molar-refractivity contribution in [3.05, 3.63) is 16.9 Å². The molecule has 1 aromatic rings.